The average molecular weight is 287 g/mol. The Morgan fingerprint density at radius 3 is 2.69 bits per heavy atom. The highest BCUT2D eigenvalue weighted by Crippen LogP contribution is 2.25. The van der Waals surface area contributed by atoms with E-state index < -0.39 is 0 Å². The number of rotatable bonds is 7. The molecule has 0 aromatic heterocycles. The highest BCUT2D eigenvalue weighted by atomic mass is 79.9. The number of halogens is 1. The minimum Gasteiger partial charge on any atom is -0.492 e. The van der Waals surface area contributed by atoms with Crippen molar-refractivity contribution in [3.05, 3.63) is 28.2 Å². The Bertz CT molecular complexity index is 339. The van der Waals surface area contributed by atoms with Gasteiger partial charge in [0.15, 0.2) is 0 Å². The molecular formula is C12H15BrO3. The van der Waals surface area contributed by atoms with Gasteiger partial charge in [-0.05, 0) is 47.0 Å². The van der Waals surface area contributed by atoms with Crippen molar-refractivity contribution < 1.29 is 14.3 Å². The normalized spacial score (nSPS) is 10.1. The van der Waals surface area contributed by atoms with Crippen LogP contribution in [0, 0.1) is 0 Å². The van der Waals surface area contributed by atoms with Crippen LogP contribution in [0.3, 0.4) is 0 Å². The molecule has 0 aliphatic rings. The third-order valence-corrected chi connectivity index (χ3v) is 2.71. The molecule has 0 bridgehead atoms. The Kier molecular flexibility index (Phi) is 6.11. The summed E-state index contributed by atoms with van der Waals surface area (Å²) in [5.74, 6) is 0.767. The third-order valence-electron chi connectivity index (χ3n) is 2.09. The number of hydrogen-bond acceptors (Lipinski definition) is 3. The molecule has 0 unspecified atom stereocenters. The molecule has 1 aromatic carbocycles. The van der Waals surface area contributed by atoms with Crippen molar-refractivity contribution >= 4 is 22.2 Å². The van der Waals surface area contributed by atoms with Gasteiger partial charge in [0.25, 0.3) is 0 Å². The van der Waals surface area contributed by atoms with Gasteiger partial charge in [0.1, 0.15) is 12.0 Å². The lowest BCUT2D eigenvalue weighted by Crippen LogP contribution is -2.00. The van der Waals surface area contributed by atoms with E-state index in [1.54, 1.807) is 25.3 Å². The molecular weight excluding hydrogens is 272 g/mol. The Hall–Kier alpha value is -0.870. The van der Waals surface area contributed by atoms with Gasteiger partial charge in [0.2, 0.25) is 0 Å². The van der Waals surface area contributed by atoms with E-state index in [1.165, 1.54) is 0 Å². The predicted octanol–water partition coefficient (Wildman–Crippen LogP) is 3.07. The van der Waals surface area contributed by atoms with Gasteiger partial charge < -0.3 is 9.47 Å². The average Bonchev–Trinajstić information content (AvgIpc) is 2.30. The molecule has 88 valence electrons. The lowest BCUT2D eigenvalue weighted by Gasteiger charge is -2.08. The number of hydrogen-bond donors (Lipinski definition) is 0. The highest BCUT2D eigenvalue weighted by Gasteiger charge is 2.01. The minimum absolute atomic E-state index is 0.638. The molecule has 0 aliphatic carbocycles. The van der Waals surface area contributed by atoms with Crippen LogP contribution in [0.2, 0.25) is 0 Å². The van der Waals surface area contributed by atoms with Crippen LogP contribution >= 0.6 is 15.9 Å². The first kappa shape index (κ1) is 13.2. The maximum atomic E-state index is 10.5. The maximum Gasteiger partial charge on any atom is 0.150 e. The quantitative estimate of drug-likeness (QED) is 0.571. The molecule has 0 aliphatic heterocycles. The topological polar surface area (TPSA) is 35.5 Å². The number of ether oxygens (including phenoxy) is 2. The first-order valence-electron chi connectivity index (χ1n) is 5.14. The van der Waals surface area contributed by atoms with Gasteiger partial charge >= 0.3 is 0 Å². The highest BCUT2D eigenvalue weighted by molar-refractivity contribution is 9.10. The number of unbranched alkanes of at least 4 members (excludes halogenated alkanes) is 1. The number of aldehydes is 1. The minimum atomic E-state index is 0.638. The second-order valence-electron chi connectivity index (χ2n) is 3.36. The van der Waals surface area contributed by atoms with Crippen LogP contribution < -0.4 is 4.74 Å². The van der Waals surface area contributed by atoms with Crippen LogP contribution in [0.5, 0.6) is 5.75 Å². The fourth-order valence-electron chi connectivity index (χ4n) is 1.24. The summed E-state index contributed by atoms with van der Waals surface area (Å²) in [6.07, 6.45) is 2.75. The van der Waals surface area contributed by atoms with E-state index >= 15 is 0 Å². The maximum absolute atomic E-state index is 10.5. The largest absolute Gasteiger partial charge is 0.492 e. The van der Waals surface area contributed by atoms with Crippen molar-refractivity contribution in [2.75, 3.05) is 20.3 Å². The van der Waals surface area contributed by atoms with E-state index in [0.717, 1.165) is 36.0 Å². The van der Waals surface area contributed by atoms with Crippen molar-refractivity contribution in [3.63, 3.8) is 0 Å². The molecule has 1 rings (SSSR count). The molecule has 4 heteroatoms. The zero-order valence-corrected chi connectivity index (χ0v) is 10.8. The molecule has 0 radical (unpaired) electrons. The van der Waals surface area contributed by atoms with Gasteiger partial charge in [0.05, 0.1) is 11.1 Å². The molecule has 0 atom stereocenters. The first-order valence-corrected chi connectivity index (χ1v) is 5.93. The van der Waals surface area contributed by atoms with Gasteiger partial charge in [-0.15, -0.1) is 0 Å². The van der Waals surface area contributed by atoms with Crippen molar-refractivity contribution in [3.8, 4) is 5.75 Å². The zero-order chi connectivity index (χ0) is 11.8. The lowest BCUT2D eigenvalue weighted by molar-refractivity contribution is 0.112. The molecule has 0 N–H and O–H groups in total. The van der Waals surface area contributed by atoms with Crippen molar-refractivity contribution in [1.82, 2.24) is 0 Å². The summed E-state index contributed by atoms with van der Waals surface area (Å²) in [5, 5.41) is 0. The van der Waals surface area contributed by atoms with Crippen molar-refractivity contribution in [2.45, 2.75) is 12.8 Å². The lowest BCUT2D eigenvalue weighted by atomic mass is 10.2. The van der Waals surface area contributed by atoms with E-state index in [0.29, 0.717) is 12.2 Å². The van der Waals surface area contributed by atoms with E-state index in [-0.39, 0.29) is 0 Å². The van der Waals surface area contributed by atoms with Crippen molar-refractivity contribution in [1.29, 1.82) is 0 Å². The smallest absolute Gasteiger partial charge is 0.150 e. The second kappa shape index (κ2) is 7.41. The summed E-state index contributed by atoms with van der Waals surface area (Å²) in [4.78, 5) is 10.5. The molecule has 1 aromatic rings. The summed E-state index contributed by atoms with van der Waals surface area (Å²) in [6, 6.07) is 5.28. The Morgan fingerprint density at radius 1 is 1.31 bits per heavy atom. The summed E-state index contributed by atoms with van der Waals surface area (Å²) in [7, 11) is 1.69. The van der Waals surface area contributed by atoms with Crippen LogP contribution in [-0.4, -0.2) is 26.6 Å². The standard InChI is InChI=1S/C12H15BrO3/c1-15-6-2-3-7-16-12-5-4-10(9-14)8-11(12)13/h4-5,8-9H,2-3,6-7H2,1H3. The number of methoxy groups -OCH3 is 1. The summed E-state index contributed by atoms with van der Waals surface area (Å²) < 4.78 is 11.3. The molecule has 0 heterocycles. The Labute approximate surface area is 104 Å². The second-order valence-corrected chi connectivity index (χ2v) is 4.21. The van der Waals surface area contributed by atoms with Crippen LogP contribution in [0.1, 0.15) is 23.2 Å². The van der Waals surface area contributed by atoms with Gasteiger partial charge in [-0.2, -0.15) is 0 Å². The molecule has 0 fully saturated rings. The van der Waals surface area contributed by atoms with Gasteiger partial charge in [-0.3, -0.25) is 4.79 Å². The predicted molar refractivity (Wildman–Crippen MR) is 66.1 cm³/mol. The fourth-order valence-corrected chi connectivity index (χ4v) is 1.75. The van der Waals surface area contributed by atoms with Crippen molar-refractivity contribution in [2.24, 2.45) is 0 Å². The third kappa shape index (κ3) is 4.33. The SMILES string of the molecule is COCCCCOc1ccc(C=O)cc1Br. The van der Waals surface area contributed by atoms with E-state index in [2.05, 4.69) is 15.9 Å². The van der Waals surface area contributed by atoms with Crippen LogP contribution in [-0.2, 0) is 4.74 Å². The fraction of sp³-hybridized carbons (Fsp3) is 0.417. The van der Waals surface area contributed by atoms with Crippen LogP contribution in [0.15, 0.2) is 22.7 Å². The molecule has 0 saturated heterocycles. The van der Waals surface area contributed by atoms with Crippen LogP contribution in [0.4, 0.5) is 0 Å². The zero-order valence-electron chi connectivity index (χ0n) is 9.24. The van der Waals surface area contributed by atoms with Crippen LogP contribution in [0.25, 0.3) is 0 Å². The van der Waals surface area contributed by atoms with Gasteiger partial charge in [0, 0.05) is 19.3 Å². The molecule has 0 spiro atoms. The molecule has 0 saturated carbocycles. The Balaban J connectivity index is 2.39. The molecule has 16 heavy (non-hydrogen) atoms. The van der Waals surface area contributed by atoms with E-state index in [1.807, 2.05) is 0 Å². The number of carbonyl (C=O) groups excluding carboxylic acids is 1. The molecule has 3 nitrogen and oxygen atoms in total. The van der Waals surface area contributed by atoms with Gasteiger partial charge in [-0.1, -0.05) is 0 Å². The van der Waals surface area contributed by atoms with E-state index in [9.17, 15) is 4.79 Å². The summed E-state index contributed by atoms with van der Waals surface area (Å²) >= 11 is 3.36. The number of benzene rings is 1. The van der Waals surface area contributed by atoms with Gasteiger partial charge in [-0.25, -0.2) is 0 Å². The molecule has 0 amide bonds. The Morgan fingerprint density at radius 2 is 2.06 bits per heavy atom. The van der Waals surface area contributed by atoms with E-state index in [4.69, 9.17) is 9.47 Å². The summed E-state index contributed by atoms with van der Waals surface area (Å²) in [6.45, 7) is 1.41. The number of carbonyl (C=O) groups is 1. The summed E-state index contributed by atoms with van der Waals surface area (Å²) in [5.41, 5.74) is 0.638. The first-order chi connectivity index (χ1) is 7.77. The monoisotopic (exact) mass is 286 g/mol.